The van der Waals surface area contributed by atoms with Crippen LogP contribution in [0.3, 0.4) is 0 Å². The molecule has 2 aromatic heterocycles. The van der Waals surface area contributed by atoms with Gasteiger partial charge in [-0.05, 0) is 37.5 Å². The van der Waals surface area contributed by atoms with Crippen LogP contribution in [0.25, 0.3) is 11.0 Å². The fourth-order valence-electron chi connectivity index (χ4n) is 3.12. The highest BCUT2D eigenvalue weighted by Crippen LogP contribution is 2.26. The van der Waals surface area contributed by atoms with Crippen LogP contribution in [0.15, 0.2) is 30.7 Å². The van der Waals surface area contributed by atoms with E-state index < -0.39 is 5.82 Å². The smallest absolute Gasteiger partial charge is 0.226 e. The number of hydrogen-bond donors (Lipinski definition) is 2. The minimum Gasteiger partial charge on any atom is -0.341 e. The molecule has 1 aromatic carbocycles. The first-order valence-corrected chi connectivity index (χ1v) is 9.18. The van der Waals surface area contributed by atoms with Crippen molar-refractivity contribution in [1.29, 1.82) is 0 Å². The van der Waals surface area contributed by atoms with Crippen LogP contribution in [0.1, 0.15) is 19.3 Å². The second kappa shape index (κ2) is 7.58. The molecular weight excluding hydrogens is 369 g/mol. The lowest BCUT2D eigenvalue weighted by molar-refractivity contribution is 0.601. The largest absolute Gasteiger partial charge is 0.341 e. The third-order valence-electron chi connectivity index (χ3n) is 4.60. The van der Waals surface area contributed by atoms with Crippen LogP contribution in [0, 0.1) is 5.82 Å². The average molecular weight is 388 g/mol. The molecule has 0 saturated carbocycles. The Hall–Kier alpha value is -2.58. The zero-order valence-electron chi connectivity index (χ0n) is 14.6. The summed E-state index contributed by atoms with van der Waals surface area (Å²) in [4.78, 5) is 19.8. The summed E-state index contributed by atoms with van der Waals surface area (Å²) >= 11 is 5.86. The number of nitrogens with two attached hydrogens (primary N) is 1. The number of fused-ring (bicyclic) bond motifs is 1. The molecule has 1 aliphatic rings. The molecule has 3 heterocycles. The van der Waals surface area contributed by atoms with E-state index in [0.717, 1.165) is 32.4 Å². The number of benzene rings is 1. The summed E-state index contributed by atoms with van der Waals surface area (Å²) in [6.45, 7) is 1.68. The fourth-order valence-corrected chi connectivity index (χ4v) is 3.30. The van der Waals surface area contributed by atoms with Gasteiger partial charge >= 0.3 is 0 Å². The predicted molar refractivity (Wildman–Crippen MR) is 104 cm³/mol. The molecule has 27 heavy (non-hydrogen) atoms. The Balaban J connectivity index is 1.67. The average Bonchev–Trinajstić information content (AvgIpc) is 2.89. The van der Waals surface area contributed by atoms with Crippen LogP contribution in [-0.2, 0) is 0 Å². The quantitative estimate of drug-likeness (QED) is 0.712. The van der Waals surface area contributed by atoms with Crippen molar-refractivity contribution in [2.45, 2.75) is 25.3 Å². The summed E-state index contributed by atoms with van der Waals surface area (Å²) in [6.07, 6.45) is 6.04. The Kier molecular flexibility index (Phi) is 5.00. The van der Waals surface area contributed by atoms with Gasteiger partial charge in [-0.2, -0.15) is 0 Å². The van der Waals surface area contributed by atoms with E-state index >= 15 is 0 Å². The summed E-state index contributed by atoms with van der Waals surface area (Å²) in [5.41, 5.74) is 7.89. The first kappa shape index (κ1) is 17.8. The molecule has 140 valence electrons. The third kappa shape index (κ3) is 3.91. The molecule has 1 atom stereocenters. The Labute approximate surface area is 160 Å². The van der Waals surface area contributed by atoms with E-state index in [1.807, 2.05) is 0 Å². The van der Waals surface area contributed by atoms with Crippen LogP contribution in [0.5, 0.6) is 0 Å². The molecule has 9 heteroatoms. The third-order valence-corrected chi connectivity index (χ3v) is 4.89. The fraction of sp³-hybridized carbons (Fsp3) is 0.333. The second-order valence-corrected chi connectivity index (χ2v) is 6.97. The molecule has 1 saturated heterocycles. The van der Waals surface area contributed by atoms with Crippen molar-refractivity contribution in [2.24, 2.45) is 5.73 Å². The minimum absolute atomic E-state index is 0.0367. The van der Waals surface area contributed by atoms with Gasteiger partial charge in [-0.1, -0.05) is 11.6 Å². The minimum atomic E-state index is -0.473. The molecule has 3 aromatic rings. The maximum atomic E-state index is 13.4. The molecular formula is C18H19ClFN7. The highest BCUT2D eigenvalue weighted by atomic mass is 35.5. The summed E-state index contributed by atoms with van der Waals surface area (Å²) in [5.74, 6) is 0.670. The van der Waals surface area contributed by atoms with Crippen LogP contribution in [-0.4, -0.2) is 39.1 Å². The van der Waals surface area contributed by atoms with Crippen LogP contribution >= 0.6 is 11.6 Å². The number of rotatable bonds is 3. The molecule has 0 aliphatic carbocycles. The number of hydrogen-bond acceptors (Lipinski definition) is 7. The SMILES string of the molecule is NC1CCCN(c2ncc3ncnc(Nc4ccc(F)c(Cl)c4)c3n2)CC1. The normalized spacial score (nSPS) is 17.7. The summed E-state index contributed by atoms with van der Waals surface area (Å²) in [5, 5.41) is 3.17. The zero-order chi connectivity index (χ0) is 18.8. The molecule has 4 rings (SSSR count). The van der Waals surface area contributed by atoms with Crippen LogP contribution < -0.4 is 16.0 Å². The molecule has 0 bridgehead atoms. The van der Waals surface area contributed by atoms with Crippen molar-refractivity contribution in [3.63, 3.8) is 0 Å². The van der Waals surface area contributed by atoms with E-state index in [1.165, 1.54) is 18.5 Å². The molecule has 0 radical (unpaired) electrons. The maximum absolute atomic E-state index is 13.4. The Morgan fingerprint density at radius 2 is 2.07 bits per heavy atom. The number of nitrogens with one attached hydrogen (secondary N) is 1. The highest BCUT2D eigenvalue weighted by Gasteiger charge is 2.18. The van der Waals surface area contributed by atoms with Crippen molar-refractivity contribution in [1.82, 2.24) is 19.9 Å². The maximum Gasteiger partial charge on any atom is 0.226 e. The number of nitrogens with zero attached hydrogens (tertiary/aromatic N) is 5. The molecule has 0 amide bonds. The van der Waals surface area contributed by atoms with E-state index in [-0.39, 0.29) is 11.1 Å². The van der Waals surface area contributed by atoms with Crippen molar-refractivity contribution in [2.75, 3.05) is 23.3 Å². The van der Waals surface area contributed by atoms with Gasteiger partial charge in [0.1, 0.15) is 23.2 Å². The Bertz CT molecular complexity index is 968. The lowest BCUT2D eigenvalue weighted by Crippen LogP contribution is -2.28. The van der Waals surface area contributed by atoms with Gasteiger partial charge < -0.3 is 16.0 Å². The molecule has 1 fully saturated rings. The first-order valence-electron chi connectivity index (χ1n) is 8.80. The van der Waals surface area contributed by atoms with Crippen molar-refractivity contribution < 1.29 is 4.39 Å². The van der Waals surface area contributed by atoms with Crippen molar-refractivity contribution in [3.8, 4) is 0 Å². The monoisotopic (exact) mass is 387 g/mol. The topological polar surface area (TPSA) is 92.9 Å². The van der Waals surface area contributed by atoms with E-state index in [9.17, 15) is 4.39 Å². The summed E-state index contributed by atoms with van der Waals surface area (Å²) in [7, 11) is 0. The summed E-state index contributed by atoms with van der Waals surface area (Å²) in [6, 6.07) is 4.62. The lowest BCUT2D eigenvalue weighted by Gasteiger charge is -2.20. The summed E-state index contributed by atoms with van der Waals surface area (Å²) < 4.78 is 13.4. The standard InChI is InChI=1S/C18H19ClFN7/c19-13-8-12(3-4-14(13)20)25-17-16-15(23-10-24-17)9-22-18(26-16)27-6-1-2-11(21)5-7-27/h3-4,8-11H,1-2,5-7,21H2,(H,23,24,25). The van der Waals surface area contributed by atoms with Gasteiger partial charge in [-0.15, -0.1) is 0 Å². The van der Waals surface area contributed by atoms with Gasteiger partial charge in [-0.3, -0.25) is 0 Å². The van der Waals surface area contributed by atoms with Crippen LogP contribution in [0.2, 0.25) is 5.02 Å². The molecule has 1 aliphatic heterocycles. The Morgan fingerprint density at radius 1 is 1.19 bits per heavy atom. The van der Waals surface area contributed by atoms with E-state index in [2.05, 4.69) is 30.2 Å². The molecule has 3 N–H and O–H groups in total. The predicted octanol–water partition coefficient (Wildman–Crippen LogP) is 3.27. The van der Waals surface area contributed by atoms with Crippen molar-refractivity contribution >= 4 is 40.1 Å². The van der Waals surface area contributed by atoms with Gasteiger partial charge in [0, 0.05) is 24.8 Å². The first-order chi connectivity index (χ1) is 13.1. The van der Waals surface area contributed by atoms with Gasteiger partial charge in [0.2, 0.25) is 5.95 Å². The zero-order valence-corrected chi connectivity index (χ0v) is 15.3. The number of aromatic nitrogens is 4. The van der Waals surface area contributed by atoms with Gasteiger partial charge in [0.05, 0.1) is 11.2 Å². The van der Waals surface area contributed by atoms with Gasteiger partial charge in [-0.25, -0.2) is 24.3 Å². The van der Waals surface area contributed by atoms with E-state index in [0.29, 0.717) is 28.5 Å². The highest BCUT2D eigenvalue weighted by molar-refractivity contribution is 6.31. The van der Waals surface area contributed by atoms with Gasteiger partial charge in [0.15, 0.2) is 5.82 Å². The molecule has 0 spiro atoms. The van der Waals surface area contributed by atoms with Crippen molar-refractivity contribution in [3.05, 3.63) is 41.6 Å². The number of anilines is 3. The molecule has 1 unspecified atom stereocenters. The Morgan fingerprint density at radius 3 is 2.93 bits per heavy atom. The second-order valence-electron chi connectivity index (χ2n) is 6.56. The van der Waals surface area contributed by atoms with E-state index in [4.69, 9.17) is 17.3 Å². The molecule has 7 nitrogen and oxygen atoms in total. The van der Waals surface area contributed by atoms with E-state index in [1.54, 1.807) is 12.3 Å². The lowest BCUT2D eigenvalue weighted by atomic mass is 10.1. The van der Waals surface area contributed by atoms with Gasteiger partial charge in [0.25, 0.3) is 0 Å². The number of halogens is 2. The van der Waals surface area contributed by atoms with Crippen LogP contribution in [0.4, 0.5) is 21.8 Å².